The summed E-state index contributed by atoms with van der Waals surface area (Å²) in [6.07, 6.45) is 0.721. The summed E-state index contributed by atoms with van der Waals surface area (Å²) in [5.41, 5.74) is 7.40. The quantitative estimate of drug-likeness (QED) is 0.920. The molecular formula is C15H22N4. The van der Waals surface area contributed by atoms with E-state index in [2.05, 4.69) is 47.7 Å². The number of nitrogens with zero attached hydrogens (tertiary/aromatic N) is 3. The van der Waals surface area contributed by atoms with Crippen LogP contribution in [0.2, 0.25) is 0 Å². The molecule has 0 radical (unpaired) electrons. The van der Waals surface area contributed by atoms with Crippen LogP contribution in [0.4, 0.5) is 0 Å². The van der Waals surface area contributed by atoms with Gasteiger partial charge in [-0.3, -0.25) is 4.57 Å². The smallest absolute Gasteiger partial charge is 0.139 e. The van der Waals surface area contributed by atoms with Crippen molar-refractivity contribution >= 4 is 0 Å². The Morgan fingerprint density at radius 3 is 2.37 bits per heavy atom. The van der Waals surface area contributed by atoms with Gasteiger partial charge in [-0.25, -0.2) is 0 Å². The predicted molar refractivity (Wildman–Crippen MR) is 77.2 cm³/mol. The monoisotopic (exact) mass is 258 g/mol. The van der Waals surface area contributed by atoms with Crippen molar-refractivity contribution in [3.8, 4) is 5.69 Å². The second kappa shape index (κ2) is 5.13. The number of hydrogen-bond acceptors (Lipinski definition) is 3. The van der Waals surface area contributed by atoms with Crippen molar-refractivity contribution in [3.05, 3.63) is 42.0 Å². The molecule has 1 aromatic carbocycles. The van der Waals surface area contributed by atoms with E-state index in [0.29, 0.717) is 0 Å². The van der Waals surface area contributed by atoms with Gasteiger partial charge < -0.3 is 5.73 Å². The lowest BCUT2D eigenvalue weighted by Crippen LogP contribution is -2.37. The summed E-state index contributed by atoms with van der Waals surface area (Å²) in [5, 5.41) is 8.46. The second-order valence-electron chi connectivity index (χ2n) is 6.01. The van der Waals surface area contributed by atoms with Crippen LogP contribution in [-0.4, -0.2) is 20.8 Å². The lowest BCUT2D eigenvalue weighted by atomic mass is 9.85. The first kappa shape index (κ1) is 13.7. The van der Waals surface area contributed by atoms with Crippen LogP contribution >= 0.6 is 0 Å². The van der Waals surface area contributed by atoms with Gasteiger partial charge in [0, 0.05) is 18.2 Å². The van der Waals surface area contributed by atoms with E-state index in [1.54, 1.807) is 0 Å². The molecule has 1 aromatic heterocycles. The van der Waals surface area contributed by atoms with Crippen molar-refractivity contribution in [2.75, 3.05) is 0 Å². The summed E-state index contributed by atoms with van der Waals surface area (Å²) >= 11 is 0. The largest absolute Gasteiger partial charge is 0.327 e. The van der Waals surface area contributed by atoms with Gasteiger partial charge in [-0.2, -0.15) is 0 Å². The highest BCUT2D eigenvalue weighted by Crippen LogP contribution is 2.21. The average Bonchev–Trinajstić information content (AvgIpc) is 2.70. The van der Waals surface area contributed by atoms with E-state index in [4.69, 9.17) is 5.73 Å². The van der Waals surface area contributed by atoms with Crippen LogP contribution in [0, 0.1) is 12.3 Å². The molecule has 1 unspecified atom stereocenters. The highest BCUT2D eigenvalue weighted by atomic mass is 15.3. The van der Waals surface area contributed by atoms with Gasteiger partial charge in [0.05, 0.1) is 0 Å². The maximum atomic E-state index is 6.26. The molecule has 0 saturated heterocycles. The van der Waals surface area contributed by atoms with E-state index in [-0.39, 0.29) is 11.5 Å². The third-order valence-electron chi connectivity index (χ3n) is 3.42. The highest BCUT2D eigenvalue weighted by molar-refractivity contribution is 5.33. The first-order valence-electron chi connectivity index (χ1n) is 6.61. The molecule has 0 aliphatic heterocycles. The molecule has 2 N–H and O–H groups in total. The third kappa shape index (κ3) is 3.01. The van der Waals surface area contributed by atoms with Crippen molar-refractivity contribution in [2.45, 2.75) is 40.2 Å². The van der Waals surface area contributed by atoms with Gasteiger partial charge >= 0.3 is 0 Å². The molecule has 1 heterocycles. The van der Waals surface area contributed by atoms with E-state index in [0.717, 1.165) is 23.8 Å². The third-order valence-corrected chi connectivity index (χ3v) is 3.42. The van der Waals surface area contributed by atoms with Crippen molar-refractivity contribution < 1.29 is 0 Å². The molecule has 0 bridgehead atoms. The van der Waals surface area contributed by atoms with Gasteiger partial charge in [0.15, 0.2) is 0 Å². The Kier molecular flexibility index (Phi) is 3.71. The van der Waals surface area contributed by atoms with Gasteiger partial charge in [0.1, 0.15) is 11.6 Å². The molecule has 19 heavy (non-hydrogen) atoms. The van der Waals surface area contributed by atoms with Crippen LogP contribution in [-0.2, 0) is 6.42 Å². The van der Waals surface area contributed by atoms with Crippen molar-refractivity contribution in [3.63, 3.8) is 0 Å². The Bertz CT molecular complexity index is 537. The van der Waals surface area contributed by atoms with E-state index in [9.17, 15) is 0 Å². The Morgan fingerprint density at radius 1 is 1.16 bits per heavy atom. The van der Waals surface area contributed by atoms with Gasteiger partial charge in [0.2, 0.25) is 0 Å². The predicted octanol–water partition coefficient (Wildman–Crippen LogP) is 2.49. The number of aryl methyl sites for hydroxylation is 1. The number of aromatic nitrogens is 3. The molecule has 0 spiro atoms. The normalized spacial score (nSPS) is 13.5. The summed E-state index contributed by atoms with van der Waals surface area (Å²) in [6.45, 7) is 8.40. The van der Waals surface area contributed by atoms with Crippen molar-refractivity contribution in [1.82, 2.24) is 14.8 Å². The molecular weight excluding hydrogens is 236 g/mol. The molecule has 4 heteroatoms. The van der Waals surface area contributed by atoms with E-state index < -0.39 is 0 Å². The lowest BCUT2D eigenvalue weighted by molar-refractivity contribution is 0.314. The number of nitrogens with two attached hydrogens (primary N) is 1. The minimum Gasteiger partial charge on any atom is -0.327 e. The van der Waals surface area contributed by atoms with Crippen LogP contribution in [0.1, 0.15) is 32.4 Å². The fraction of sp³-hybridized carbons (Fsp3) is 0.467. The molecule has 1 atom stereocenters. The summed E-state index contributed by atoms with van der Waals surface area (Å²) in [5.74, 6) is 1.81. The maximum Gasteiger partial charge on any atom is 0.139 e. The minimum atomic E-state index is 0.0542. The molecule has 0 aliphatic rings. The Labute approximate surface area is 114 Å². The van der Waals surface area contributed by atoms with Crippen LogP contribution in [0.3, 0.4) is 0 Å². The van der Waals surface area contributed by atoms with E-state index in [1.165, 1.54) is 0 Å². The van der Waals surface area contributed by atoms with E-state index in [1.807, 2.05) is 25.1 Å². The SMILES string of the molecule is Cc1nnc(CC(N)C(C)(C)C)n1-c1ccccc1. The lowest BCUT2D eigenvalue weighted by Gasteiger charge is -2.26. The van der Waals surface area contributed by atoms with Gasteiger partial charge in [-0.15, -0.1) is 10.2 Å². The molecule has 0 saturated carbocycles. The molecule has 102 valence electrons. The minimum absolute atomic E-state index is 0.0542. The molecule has 2 aromatic rings. The molecule has 0 amide bonds. The Hall–Kier alpha value is -1.68. The van der Waals surface area contributed by atoms with E-state index >= 15 is 0 Å². The standard InChI is InChI=1S/C15H22N4/c1-11-17-18-14(10-13(16)15(2,3)4)19(11)12-8-6-5-7-9-12/h5-9,13H,10,16H2,1-4H3. The maximum absolute atomic E-state index is 6.26. The summed E-state index contributed by atoms with van der Waals surface area (Å²) in [6, 6.07) is 10.2. The molecule has 4 nitrogen and oxygen atoms in total. The first-order valence-corrected chi connectivity index (χ1v) is 6.61. The zero-order valence-corrected chi connectivity index (χ0v) is 12.1. The molecule has 0 aliphatic carbocycles. The summed E-state index contributed by atoms with van der Waals surface area (Å²) in [4.78, 5) is 0. The zero-order chi connectivity index (χ0) is 14.0. The number of para-hydroxylation sites is 1. The zero-order valence-electron chi connectivity index (χ0n) is 12.1. The van der Waals surface area contributed by atoms with Gasteiger partial charge in [-0.1, -0.05) is 39.0 Å². The van der Waals surface area contributed by atoms with Crippen LogP contribution in [0.5, 0.6) is 0 Å². The highest BCUT2D eigenvalue weighted by Gasteiger charge is 2.23. The Morgan fingerprint density at radius 2 is 1.79 bits per heavy atom. The number of rotatable bonds is 3. The summed E-state index contributed by atoms with van der Waals surface area (Å²) in [7, 11) is 0. The van der Waals surface area contributed by atoms with Crippen LogP contribution < -0.4 is 5.73 Å². The number of benzene rings is 1. The first-order chi connectivity index (χ1) is 8.89. The Balaban J connectivity index is 2.34. The van der Waals surface area contributed by atoms with Gasteiger partial charge in [0.25, 0.3) is 0 Å². The fourth-order valence-electron chi connectivity index (χ4n) is 1.95. The molecule has 0 fully saturated rings. The van der Waals surface area contributed by atoms with Crippen LogP contribution in [0.25, 0.3) is 5.69 Å². The molecule has 2 rings (SSSR count). The summed E-state index contributed by atoms with van der Waals surface area (Å²) < 4.78 is 2.08. The fourth-order valence-corrected chi connectivity index (χ4v) is 1.95. The topological polar surface area (TPSA) is 56.7 Å². The van der Waals surface area contributed by atoms with Crippen molar-refractivity contribution in [2.24, 2.45) is 11.1 Å². The average molecular weight is 258 g/mol. The second-order valence-corrected chi connectivity index (χ2v) is 6.01. The number of hydrogen-bond donors (Lipinski definition) is 1. The van der Waals surface area contributed by atoms with Crippen LogP contribution in [0.15, 0.2) is 30.3 Å². The van der Waals surface area contributed by atoms with Crippen molar-refractivity contribution in [1.29, 1.82) is 0 Å². The van der Waals surface area contributed by atoms with Gasteiger partial charge in [-0.05, 0) is 24.5 Å².